The SMILES string of the molecule is CC(C)Oc1cccc(C(C)(C)O)n1. The molecule has 3 nitrogen and oxygen atoms in total. The highest BCUT2D eigenvalue weighted by molar-refractivity contribution is 5.19. The molecule has 1 heterocycles. The monoisotopic (exact) mass is 195 g/mol. The van der Waals surface area contributed by atoms with Crippen molar-refractivity contribution in [2.45, 2.75) is 39.4 Å². The minimum absolute atomic E-state index is 0.0968. The first-order valence-corrected chi connectivity index (χ1v) is 4.76. The molecular formula is C11H17NO2. The minimum Gasteiger partial charge on any atom is -0.475 e. The van der Waals surface area contributed by atoms with Gasteiger partial charge in [0.25, 0.3) is 0 Å². The van der Waals surface area contributed by atoms with E-state index in [1.807, 2.05) is 19.9 Å². The Morgan fingerprint density at radius 2 is 2.00 bits per heavy atom. The molecule has 14 heavy (non-hydrogen) atoms. The zero-order valence-electron chi connectivity index (χ0n) is 9.11. The van der Waals surface area contributed by atoms with Crippen LogP contribution < -0.4 is 4.74 Å². The van der Waals surface area contributed by atoms with Crippen LogP contribution in [0.25, 0.3) is 0 Å². The number of aliphatic hydroxyl groups is 1. The molecule has 0 amide bonds. The fourth-order valence-electron chi connectivity index (χ4n) is 1.06. The Balaban J connectivity index is 2.90. The molecule has 0 fully saturated rings. The number of hydrogen-bond acceptors (Lipinski definition) is 3. The Bertz CT molecular complexity index is 302. The first kappa shape index (κ1) is 11.0. The smallest absolute Gasteiger partial charge is 0.213 e. The Labute approximate surface area is 84.7 Å². The lowest BCUT2D eigenvalue weighted by Crippen LogP contribution is -2.18. The van der Waals surface area contributed by atoms with Gasteiger partial charge >= 0.3 is 0 Å². The molecule has 1 N–H and O–H groups in total. The molecule has 0 saturated carbocycles. The van der Waals surface area contributed by atoms with Crippen molar-refractivity contribution in [3.63, 3.8) is 0 Å². The summed E-state index contributed by atoms with van der Waals surface area (Å²) in [5.41, 5.74) is -0.299. The summed E-state index contributed by atoms with van der Waals surface area (Å²) in [4.78, 5) is 4.21. The third-order valence-corrected chi connectivity index (χ3v) is 1.71. The van der Waals surface area contributed by atoms with Gasteiger partial charge in [0.05, 0.1) is 11.8 Å². The zero-order chi connectivity index (χ0) is 10.8. The third kappa shape index (κ3) is 3.00. The molecule has 0 unspecified atom stereocenters. The Kier molecular flexibility index (Phi) is 3.11. The molecule has 0 aromatic carbocycles. The van der Waals surface area contributed by atoms with Gasteiger partial charge in [-0.3, -0.25) is 0 Å². The first-order chi connectivity index (χ1) is 6.39. The Morgan fingerprint density at radius 3 is 2.50 bits per heavy atom. The van der Waals surface area contributed by atoms with E-state index in [1.165, 1.54) is 0 Å². The second-order valence-electron chi connectivity index (χ2n) is 4.09. The lowest BCUT2D eigenvalue weighted by atomic mass is 10.1. The highest BCUT2D eigenvalue weighted by atomic mass is 16.5. The van der Waals surface area contributed by atoms with Gasteiger partial charge in [0.2, 0.25) is 5.88 Å². The second kappa shape index (κ2) is 3.96. The summed E-state index contributed by atoms with van der Waals surface area (Å²) in [6.45, 7) is 7.29. The highest BCUT2D eigenvalue weighted by Gasteiger charge is 2.18. The minimum atomic E-state index is -0.920. The average Bonchev–Trinajstić information content (AvgIpc) is 2.01. The lowest BCUT2D eigenvalue weighted by Gasteiger charge is -2.17. The summed E-state index contributed by atoms with van der Waals surface area (Å²) in [5, 5.41) is 9.73. The van der Waals surface area contributed by atoms with Crippen LogP contribution >= 0.6 is 0 Å². The second-order valence-corrected chi connectivity index (χ2v) is 4.09. The molecule has 78 valence electrons. The fourth-order valence-corrected chi connectivity index (χ4v) is 1.06. The Hall–Kier alpha value is -1.09. The van der Waals surface area contributed by atoms with E-state index in [4.69, 9.17) is 4.74 Å². The van der Waals surface area contributed by atoms with Gasteiger partial charge in [-0.1, -0.05) is 6.07 Å². The average molecular weight is 195 g/mol. The number of aromatic nitrogens is 1. The van der Waals surface area contributed by atoms with Gasteiger partial charge in [-0.15, -0.1) is 0 Å². The maximum Gasteiger partial charge on any atom is 0.213 e. The van der Waals surface area contributed by atoms with Crippen LogP contribution in [0.2, 0.25) is 0 Å². The molecule has 1 aromatic heterocycles. The number of hydrogen-bond donors (Lipinski definition) is 1. The van der Waals surface area contributed by atoms with Crippen LogP contribution in [-0.2, 0) is 5.60 Å². The van der Waals surface area contributed by atoms with E-state index in [0.717, 1.165) is 0 Å². The van der Waals surface area contributed by atoms with Gasteiger partial charge < -0.3 is 9.84 Å². The molecular weight excluding hydrogens is 178 g/mol. The molecule has 0 atom stereocenters. The largest absolute Gasteiger partial charge is 0.475 e. The molecule has 0 aliphatic carbocycles. The molecule has 0 radical (unpaired) electrons. The van der Waals surface area contributed by atoms with Crippen molar-refractivity contribution in [1.82, 2.24) is 4.98 Å². The molecule has 1 rings (SSSR count). The zero-order valence-corrected chi connectivity index (χ0v) is 9.11. The standard InChI is InChI=1S/C11H17NO2/c1-8(2)14-10-7-5-6-9(12-10)11(3,4)13/h5-8,13H,1-4H3. The van der Waals surface area contributed by atoms with Gasteiger partial charge in [0.1, 0.15) is 5.60 Å². The molecule has 1 aromatic rings. The van der Waals surface area contributed by atoms with Crippen LogP contribution in [0.4, 0.5) is 0 Å². The number of pyridine rings is 1. The van der Waals surface area contributed by atoms with Crippen molar-refractivity contribution in [1.29, 1.82) is 0 Å². The highest BCUT2D eigenvalue weighted by Crippen LogP contribution is 2.19. The van der Waals surface area contributed by atoms with Gasteiger partial charge in [-0.25, -0.2) is 4.98 Å². The van der Waals surface area contributed by atoms with Gasteiger partial charge in [-0.2, -0.15) is 0 Å². The van der Waals surface area contributed by atoms with E-state index >= 15 is 0 Å². The van der Waals surface area contributed by atoms with E-state index in [1.54, 1.807) is 26.0 Å². The van der Waals surface area contributed by atoms with Crippen LogP contribution in [0.1, 0.15) is 33.4 Å². The summed E-state index contributed by atoms with van der Waals surface area (Å²) in [6.07, 6.45) is 0.0968. The molecule has 0 aliphatic rings. The van der Waals surface area contributed by atoms with Crippen molar-refractivity contribution >= 4 is 0 Å². The molecule has 3 heteroatoms. The van der Waals surface area contributed by atoms with Gasteiger partial charge in [0.15, 0.2) is 0 Å². The van der Waals surface area contributed by atoms with E-state index in [2.05, 4.69) is 4.98 Å². The van der Waals surface area contributed by atoms with E-state index in [9.17, 15) is 5.11 Å². The normalized spacial score (nSPS) is 11.9. The van der Waals surface area contributed by atoms with Gasteiger partial charge in [-0.05, 0) is 33.8 Å². The van der Waals surface area contributed by atoms with Crippen molar-refractivity contribution in [2.24, 2.45) is 0 Å². The summed E-state index contributed by atoms with van der Waals surface area (Å²) in [6, 6.07) is 5.40. The number of rotatable bonds is 3. The molecule has 0 spiro atoms. The van der Waals surface area contributed by atoms with Crippen LogP contribution in [0, 0.1) is 0 Å². The van der Waals surface area contributed by atoms with Crippen molar-refractivity contribution in [2.75, 3.05) is 0 Å². The fraction of sp³-hybridized carbons (Fsp3) is 0.545. The van der Waals surface area contributed by atoms with Crippen LogP contribution in [0.15, 0.2) is 18.2 Å². The first-order valence-electron chi connectivity index (χ1n) is 4.76. The van der Waals surface area contributed by atoms with Crippen LogP contribution in [0.3, 0.4) is 0 Å². The predicted octanol–water partition coefficient (Wildman–Crippen LogP) is 2.10. The van der Waals surface area contributed by atoms with Crippen molar-refractivity contribution in [3.05, 3.63) is 23.9 Å². The molecule has 0 bridgehead atoms. The third-order valence-electron chi connectivity index (χ3n) is 1.71. The van der Waals surface area contributed by atoms with Crippen molar-refractivity contribution < 1.29 is 9.84 Å². The quantitative estimate of drug-likeness (QED) is 0.803. The Morgan fingerprint density at radius 1 is 1.36 bits per heavy atom. The molecule has 0 saturated heterocycles. The van der Waals surface area contributed by atoms with Gasteiger partial charge in [0, 0.05) is 6.07 Å². The maximum atomic E-state index is 9.73. The number of nitrogens with zero attached hydrogens (tertiary/aromatic N) is 1. The van der Waals surface area contributed by atoms with E-state index < -0.39 is 5.60 Å². The maximum absolute atomic E-state index is 9.73. The van der Waals surface area contributed by atoms with E-state index in [-0.39, 0.29) is 6.10 Å². The predicted molar refractivity (Wildman–Crippen MR) is 55.2 cm³/mol. The van der Waals surface area contributed by atoms with E-state index in [0.29, 0.717) is 11.6 Å². The lowest BCUT2D eigenvalue weighted by molar-refractivity contribution is 0.0725. The van der Waals surface area contributed by atoms with Crippen molar-refractivity contribution in [3.8, 4) is 5.88 Å². The summed E-state index contributed by atoms with van der Waals surface area (Å²) in [7, 11) is 0. The van der Waals surface area contributed by atoms with Crippen LogP contribution in [0.5, 0.6) is 5.88 Å². The topological polar surface area (TPSA) is 42.4 Å². The summed E-state index contributed by atoms with van der Waals surface area (Å²) < 4.78 is 5.43. The molecule has 0 aliphatic heterocycles. The summed E-state index contributed by atoms with van der Waals surface area (Å²) in [5.74, 6) is 0.555. The van der Waals surface area contributed by atoms with Crippen LogP contribution in [-0.4, -0.2) is 16.2 Å². The number of ether oxygens (including phenoxy) is 1. The summed E-state index contributed by atoms with van der Waals surface area (Å²) >= 11 is 0.